The zero-order valence-corrected chi connectivity index (χ0v) is 21.4. The van der Waals surface area contributed by atoms with E-state index in [0.717, 1.165) is 49.5 Å². The number of benzene rings is 2. The Morgan fingerprint density at radius 2 is 1.86 bits per heavy atom. The molecule has 3 aromatic rings. The van der Waals surface area contributed by atoms with Gasteiger partial charge in [-0.2, -0.15) is 0 Å². The van der Waals surface area contributed by atoms with Gasteiger partial charge in [-0.05, 0) is 79.5 Å². The van der Waals surface area contributed by atoms with Crippen LogP contribution < -0.4 is 9.47 Å². The first-order valence-corrected chi connectivity index (χ1v) is 12.9. The highest BCUT2D eigenvalue weighted by Gasteiger charge is 2.33. The molecule has 2 heterocycles. The topological polar surface area (TPSA) is 42.0 Å². The van der Waals surface area contributed by atoms with E-state index in [1.807, 2.05) is 59.8 Å². The first kappa shape index (κ1) is 25.2. The van der Waals surface area contributed by atoms with E-state index in [1.54, 1.807) is 20.3 Å². The number of hydrogen-bond acceptors (Lipinski definition) is 5. The van der Waals surface area contributed by atoms with E-state index in [0.29, 0.717) is 16.9 Å². The van der Waals surface area contributed by atoms with E-state index < -0.39 is 0 Å². The van der Waals surface area contributed by atoms with Crippen molar-refractivity contribution in [2.45, 2.75) is 31.8 Å². The monoisotopic (exact) mass is 496 g/mol. The predicted octanol–water partition coefficient (Wildman–Crippen LogP) is 5.50. The summed E-state index contributed by atoms with van der Waals surface area (Å²) in [4.78, 5) is 18.2. The number of methoxy groups -OCH3 is 2. The molecule has 0 radical (unpaired) electrons. The summed E-state index contributed by atoms with van der Waals surface area (Å²) in [5.74, 6) is 1.75. The fourth-order valence-corrected chi connectivity index (χ4v) is 5.68. The van der Waals surface area contributed by atoms with Gasteiger partial charge in [0.05, 0.1) is 19.1 Å². The van der Waals surface area contributed by atoms with Crippen LogP contribution in [0, 0.1) is 11.7 Å². The molecule has 1 saturated heterocycles. The van der Waals surface area contributed by atoms with E-state index in [9.17, 15) is 9.18 Å². The summed E-state index contributed by atoms with van der Waals surface area (Å²) in [5.41, 5.74) is 1.75. The Morgan fingerprint density at radius 3 is 2.51 bits per heavy atom. The second-order valence-corrected chi connectivity index (χ2v) is 10.00. The third kappa shape index (κ3) is 6.03. The van der Waals surface area contributed by atoms with Crippen LogP contribution in [0.5, 0.6) is 11.5 Å². The molecule has 0 N–H and O–H groups in total. The lowest BCUT2D eigenvalue weighted by atomic mass is 9.84. The van der Waals surface area contributed by atoms with Crippen LogP contribution in [0.15, 0.2) is 60.0 Å². The van der Waals surface area contributed by atoms with E-state index >= 15 is 0 Å². The third-order valence-electron chi connectivity index (χ3n) is 6.99. The summed E-state index contributed by atoms with van der Waals surface area (Å²) in [6, 6.07) is 16.4. The molecule has 0 aliphatic carbocycles. The zero-order valence-electron chi connectivity index (χ0n) is 20.6. The lowest BCUT2D eigenvalue weighted by molar-refractivity contribution is 0.0587. The Bertz CT molecular complexity index is 1110. The van der Waals surface area contributed by atoms with Crippen molar-refractivity contribution in [2.24, 2.45) is 5.92 Å². The number of ether oxygens (including phenoxy) is 2. The number of amides is 1. The van der Waals surface area contributed by atoms with Gasteiger partial charge in [0.1, 0.15) is 17.3 Å². The number of halogens is 1. The van der Waals surface area contributed by atoms with Crippen LogP contribution >= 0.6 is 11.3 Å². The highest BCUT2D eigenvalue weighted by atomic mass is 32.1. The minimum atomic E-state index is -0.211. The number of piperidine rings is 1. The minimum absolute atomic E-state index is 0.00452. The summed E-state index contributed by atoms with van der Waals surface area (Å²) in [5, 5.41) is 1.91. The number of rotatable bonds is 9. The lowest BCUT2D eigenvalue weighted by Gasteiger charge is -2.40. The van der Waals surface area contributed by atoms with Crippen molar-refractivity contribution < 1.29 is 18.7 Å². The van der Waals surface area contributed by atoms with Gasteiger partial charge < -0.3 is 14.4 Å². The summed E-state index contributed by atoms with van der Waals surface area (Å²) in [7, 11) is 5.22. The van der Waals surface area contributed by atoms with Crippen LogP contribution in [-0.4, -0.2) is 56.1 Å². The molecular formula is C28H33FN2O3S. The molecule has 1 aromatic heterocycles. The molecule has 1 fully saturated rings. The molecule has 5 nitrogen and oxygen atoms in total. The number of likely N-dealkylation sites (tertiary alicyclic amines) is 1. The van der Waals surface area contributed by atoms with Crippen LogP contribution in [0.1, 0.15) is 33.6 Å². The predicted molar refractivity (Wildman–Crippen MR) is 138 cm³/mol. The van der Waals surface area contributed by atoms with Gasteiger partial charge in [0.25, 0.3) is 5.91 Å². The van der Waals surface area contributed by atoms with Gasteiger partial charge in [-0.1, -0.05) is 24.3 Å². The number of likely N-dealkylation sites (N-methyl/N-ethyl adjacent to an activating group) is 1. The standard InChI is InChI=1S/C28H33FN2O3S/c1-30(28(32)27-9-6-16-35-27)25(18-21-7-4-5-8-24(21)29)20-12-14-31(15-13-20)19-22-17-23(33-2)10-11-26(22)34-3/h4-11,16-17,20,25H,12-15,18-19H2,1-3H3/t25-/m0/s1. The maximum absolute atomic E-state index is 14.6. The number of hydrogen-bond donors (Lipinski definition) is 0. The smallest absolute Gasteiger partial charge is 0.263 e. The molecular weight excluding hydrogens is 463 g/mol. The number of thiophene rings is 1. The van der Waals surface area contributed by atoms with Gasteiger partial charge in [0.15, 0.2) is 0 Å². The molecule has 1 amide bonds. The van der Waals surface area contributed by atoms with Gasteiger partial charge in [0.2, 0.25) is 0 Å². The summed E-state index contributed by atoms with van der Waals surface area (Å²) in [6.07, 6.45) is 2.38. The van der Waals surface area contributed by atoms with Crippen molar-refractivity contribution in [1.29, 1.82) is 0 Å². The lowest BCUT2D eigenvalue weighted by Crippen LogP contribution is -2.47. The molecule has 7 heteroatoms. The Morgan fingerprint density at radius 1 is 1.09 bits per heavy atom. The fraction of sp³-hybridized carbons (Fsp3) is 0.393. The summed E-state index contributed by atoms with van der Waals surface area (Å²) < 4.78 is 25.5. The van der Waals surface area contributed by atoms with E-state index in [2.05, 4.69) is 4.90 Å². The van der Waals surface area contributed by atoms with E-state index in [-0.39, 0.29) is 23.7 Å². The molecule has 1 aliphatic heterocycles. The first-order chi connectivity index (χ1) is 17.0. The molecule has 1 aliphatic rings. The van der Waals surface area contributed by atoms with Crippen molar-refractivity contribution in [1.82, 2.24) is 9.80 Å². The summed E-state index contributed by atoms with van der Waals surface area (Å²) in [6.45, 7) is 2.58. The molecule has 35 heavy (non-hydrogen) atoms. The molecule has 4 rings (SSSR count). The van der Waals surface area contributed by atoms with Crippen LogP contribution in [0.25, 0.3) is 0 Å². The van der Waals surface area contributed by atoms with Gasteiger partial charge in [-0.3, -0.25) is 9.69 Å². The minimum Gasteiger partial charge on any atom is -0.497 e. The second kappa shape index (κ2) is 11.7. The van der Waals surface area contributed by atoms with Crippen molar-refractivity contribution in [3.8, 4) is 11.5 Å². The molecule has 0 unspecified atom stereocenters. The second-order valence-electron chi connectivity index (χ2n) is 9.05. The quantitative estimate of drug-likeness (QED) is 0.392. The fourth-order valence-electron chi connectivity index (χ4n) is 4.98. The number of carbonyl (C=O) groups excluding carboxylic acids is 1. The maximum atomic E-state index is 14.6. The zero-order chi connectivity index (χ0) is 24.8. The Balaban J connectivity index is 1.48. The van der Waals surface area contributed by atoms with Crippen molar-refractivity contribution in [2.75, 3.05) is 34.4 Å². The van der Waals surface area contributed by atoms with Gasteiger partial charge >= 0.3 is 0 Å². The average Bonchev–Trinajstić information content (AvgIpc) is 3.43. The maximum Gasteiger partial charge on any atom is 0.263 e. The Kier molecular flexibility index (Phi) is 8.42. The Hall–Kier alpha value is -2.90. The number of nitrogens with zero attached hydrogens (tertiary/aromatic N) is 2. The highest BCUT2D eigenvalue weighted by molar-refractivity contribution is 7.12. The largest absolute Gasteiger partial charge is 0.497 e. The molecule has 0 spiro atoms. The van der Waals surface area contributed by atoms with E-state index in [1.165, 1.54) is 17.4 Å². The van der Waals surface area contributed by atoms with Crippen LogP contribution in [0.2, 0.25) is 0 Å². The molecule has 0 bridgehead atoms. The molecule has 2 aromatic carbocycles. The van der Waals surface area contributed by atoms with Crippen molar-refractivity contribution >= 4 is 17.2 Å². The van der Waals surface area contributed by atoms with Crippen molar-refractivity contribution in [3.05, 3.63) is 81.8 Å². The van der Waals surface area contributed by atoms with Gasteiger partial charge in [0, 0.05) is 25.2 Å². The van der Waals surface area contributed by atoms with Gasteiger partial charge in [-0.25, -0.2) is 4.39 Å². The van der Waals surface area contributed by atoms with Crippen LogP contribution in [0.3, 0.4) is 0 Å². The normalized spacial score (nSPS) is 15.5. The molecule has 0 saturated carbocycles. The Labute approximate surface area is 211 Å². The number of carbonyl (C=O) groups is 1. The highest BCUT2D eigenvalue weighted by Crippen LogP contribution is 2.31. The van der Waals surface area contributed by atoms with E-state index in [4.69, 9.17) is 9.47 Å². The van der Waals surface area contributed by atoms with Crippen LogP contribution in [0.4, 0.5) is 4.39 Å². The average molecular weight is 497 g/mol. The third-order valence-corrected chi connectivity index (χ3v) is 7.85. The molecule has 1 atom stereocenters. The van der Waals surface area contributed by atoms with Gasteiger partial charge in [-0.15, -0.1) is 11.3 Å². The first-order valence-electron chi connectivity index (χ1n) is 12.0. The summed E-state index contributed by atoms with van der Waals surface area (Å²) >= 11 is 1.45. The van der Waals surface area contributed by atoms with Crippen molar-refractivity contribution in [3.63, 3.8) is 0 Å². The SMILES string of the molecule is COc1ccc(OC)c(CN2CCC([C@H](Cc3ccccc3F)N(C)C(=O)c3cccs3)CC2)c1. The molecule has 186 valence electrons. The van der Waals surface area contributed by atoms with Crippen LogP contribution in [-0.2, 0) is 13.0 Å².